The number of nitrogens with two attached hydrogens (primary N) is 1. The fourth-order valence-corrected chi connectivity index (χ4v) is 4.22. The standard InChI is InChI=1S/C19H19N7O4S/c1-3-8-25-14(20)13(15(28)21-18(25)30)12(27)9-31-19-23-22-17-24(2)16(29)10-6-4-5-7-11(10)26(17)19/h4-7H,3,8-9,20H2,1-2H3,(H,21,28,30). The van der Waals surface area contributed by atoms with Gasteiger partial charge >= 0.3 is 5.69 Å². The minimum atomic E-state index is -0.820. The lowest BCUT2D eigenvalue weighted by Gasteiger charge is -2.11. The number of aromatic amines is 1. The Hall–Kier alpha value is -3.67. The highest BCUT2D eigenvalue weighted by atomic mass is 32.2. The highest BCUT2D eigenvalue weighted by molar-refractivity contribution is 7.99. The second kappa shape index (κ2) is 7.87. The molecule has 160 valence electrons. The van der Waals surface area contributed by atoms with E-state index in [1.807, 2.05) is 6.92 Å². The zero-order valence-electron chi connectivity index (χ0n) is 16.8. The van der Waals surface area contributed by atoms with Crippen molar-refractivity contribution in [1.29, 1.82) is 0 Å². The Morgan fingerprint density at radius 1 is 1.19 bits per heavy atom. The number of aryl methyl sites for hydroxylation is 1. The van der Waals surface area contributed by atoms with Gasteiger partial charge in [-0.15, -0.1) is 10.2 Å². The number of thioether (sulfide) groups is 1. The Bertz CT molecular complexity index is 1510. The predicted octanol–water partition coefficient (Wildman–Crippen LogP) is 0.398. The number of Topliss-reactive ketones (excluding diaryl/α,β-unsaturated/α-hetero) is 1. The van der Waals surface area contributed by atoms with E-state index >= 15 is 0 Å². The number of anilines is 1. The molecule has 0 amide bonds. The van der Waals surface area contributed by atoms with Crippen LogP contribution in [0.25, 0.3) is 16.7 Å². The van der Waals surface area contributed by atoms with Crippen LogP contribution < -0.4 is 22.5 Å². The van der Waals surface area contributed by atoms with Gasteiger partial charge in [0.1, 0.15) is 11.4 Å². The largest absolute Gasteiger partial charge is 0.384 e. The number of hydrogen-bond acceptors (Lipinski definition) is 8. The highest BCUT2D eigenvalue weighted by Crippen LogP contribution is 2.22. The maximum Gasteiger partial charge on any atom is 0.329 e. The zero-order valence-corrected chi connectivity index (χ0v) is 17.6. The van der Waals surface area contributed by atoms with E-state index in [9.17, 15) is 19.2 Å². The third-order valence-electron chi connectivity index (χ3n) is 4.89. The zero-order chi connectivity index (χ0) is 22.3. The van der Waals surface area contributed by atoms with E-state index in [0.29, 0.717) is 28.3 Å². The van der Waals surface area contributed by atoms with Gasteiger partial charge in [-0.25, -0.2) is 4.79 Å². The number of benzene rings is 1. The number of fused-ring (bicyclic) bond motifs is 3. The normalized spacial score (nSPS) is 11.4. The molecule has 0 saturated carbocycles. The van der Waals surface area contributed by atoms with Crippen LogP contribution >= 0.6 is 11.8 Å². The molecule has 0 atom stereocenters. The van der Waals surface area contributed by atoms with E-state index in [1.54, 1.807) is 35.7 Å². The van der Waals surface area contributed by atoms with Crippen LogP contribution in [0.5, 0.6) is 0 Å². The molecule has 0 aliphatic heterocycles. The van der Waals surface area contributed by atoms with Crippen LogP contribution in [-0.4, -0.2) is 40.3 Å². The van der Waals surface area contributed by atoms with Gasteiger partial charge in [-0.05, 0) is 18.6 Å². The molecular formula is C19H19N7O4S. The van der Waals surface area contributed by atoms with E-state index in [2.05, 4.69) is 15.2 Å². The lowest BCUT2D eigenvalue weighted by atomic mass is 10.2. The number of nitrogens with zero attached hydrogens (tertiary/aromatic N) is 5. The Morgan fingerprint density at radius 2 is 1.94 bits per heavy atom. The summed E-state index contributed by atoms with van der Waals surface area (Å²) in [5, 5.41) is 9.05. The predicted molar refractivity (Wildman–Crippen MR) is 117 cm³/mol. The van der Waals surface area contributed by atoms with Gasteiger partial charge in [-0.1, -0.05) is 30.8 Å². The number of rotatable bonds is 6. The molecule has 1 aromatic carbocycles. The van der Waals surface area contributed by atoms with Crippen molar-refractivity contribution in [3.05, 3.63) is 61.0 Å². The summed E-state index contributed by atoms with van der Waals surface area (Å²) in [5.41, 5.74) is 4.64. The number of carbonyl (C=O) groups excluding carboxylic acids is 1. The van der Waals surface area contributed by atoms with E-state index in [0.717, 1.165) is 11.8 Å². The van der Waals surface area contributed by atoms with Crippen LogP contribution in [0.2, 0.25) is 0 Å². The molecule has 4 aromatic rings. The lowest BCUT2D eigenvalue weighted by Crippen LogP contribution is -2.36. The molecule has 0 saturated heterocycles. The molecule has 0 aliphatic carbocycles. The minimum Gasteiger partial charge on any atom is -0.384 e. The van der Waals surface area contributed by atoms with Gasteiger partial charge < -0.3 is 5.73 Å². The Morgan fingerprint density at radius 3 is 2.68 bits per heavy atom. The molecule has 0 unspecified atom stereocenters. The Balaban J connectivity index is 1.74. The molecule has 3 aromatic heterocycles. The molecule has 0 bridgehead atoms. The number of aromatic nitrogens is 6. The first kappa shape index (κ1) is 20.6. The third-order valence-corrected chi connectivity index (χ3v) is 5.82. The first-order chi connectivity index (χ1) is 14.8. The van der Waals surface area contributed by atoms with Gasteiger partial charge in [0.2, 0.25) is 5.78 Å². The van der Waals surface area contributed by atoms with E-state index in [1.165, 1.54) is 9.13 Å². The summed E-state index contributed by atoms with van der Waals surface area (Å²) < 4.78 is 4.24. The van der Waals surface area contributed by atoms with Crippen molar-refractivity contribution in [2.24, 2.45) is 7.05 Å². The van der Waals surface area contributed by atoms with Gasteiger partial charge in [0.25, 0.3) is 11.1 Å². The van der Waals surface area contributed by atoms with Crippen LogP contribution in [0.1, 0.15) is 23.7 Å². The second-order valence-corrected chi connectivity index (χ2v) is 7.82. The topological polar surface area (TPSA) is 150 Å². The first-order valence-corrected chi connectivity index (χ1v) is 10.4. The number of carbonyl (C=O) groups is 1. The number of ketones is 1. The Kier molecular flexibility index (Phi) is 5.23. The molecule has 11 nitrogen and oxygen atoms in total. The van der Waals surface area contributed by atoms with Crippen LogP contribution in [-0.2, 0) is 13.6 Å². The van der Waals surface area contributed by atoms with Gasteiger partial charge in [0.05, 0.1) is 16.7 Å². The quantitative estimate of drug-likeness (QED) is 0.322. The summed E-state index contributed by atoms with van der Waals surface area (Å²) >= 11 is 1.06. The molecule has 0 fully saturated rings. The number of nitrogen functional groups attached to an aromatic ring is 1. The average molecular weight is 441 g/mol. The summed E-state index contributed by atoms with van der Waals surface area (Å²) in [5.74, 6) is -0.526. The maximum atomic E-state index is 12.8. The minimum absolute atomic E-state index is 0.153. The maximum absolute atomic E-state index is 12.8. The van der Waals surface area contributed by atoms with Crippen LogP contribution in [0, 0.1) is 0 Å². The summed E-state index contributed by atoms with van der Waals surface area (Å²) in [7, 11) is 1.59. The van der Waals surface area contributed by atoms with E-state index in [-0.39, 0.29) is 29.2 Å². The van der Waals surface area contributed by atoms with Crippen molar-refractivity contribution in [2.75, 3.05) is 11.5 Å². The molecule has 0 radical (unpaired) electrons. The number of para-hydroxylation sites is 1. The summed E-state index contributed by atoms with van der Waals surface area (Å²) in [6.07, 6.45) is 0.607. The lowest BCUT2D eigenvalue weighted by molar-refractivity contribution is 0.102. The molecule has 0 aliphatic rings. The van der Waals surface area contributed by atoms with Crippen molar-refractivity contribution in [3.8, 4) is 0 Å². The second-order valence-electron chi connectivity index (χ2n) is 6.88. The van der Waals surface area contributed by atoms with Gasteiger partial charge in [0.15, 0.2) is 10.9 Å². The van der Waals surface area contributed by atoms with Crippen molar-refractivity contribution >= 4 is 40.0 Å². The molecular weight excluding hydrogens is 422 g/mol. The monoisotopic (exact) mass is 441 g/mol. The number of nitrogens with one attached hydrogen (secondary N) is 1. The van der Waals surface area contributed by atoms with Gasteiger partial charge in [0, 0.05) is 13.6 Å². The number of hydrogen-bond donors (Lipinski definition) is 2. The van der Waals surface area contributed by atoms with Crippen molar-refractivity contribution in [3.63, 3.8) is 0 Å². The highest BCUT2D eigenvalue weighted by Gasteiger charge is 2.21. The van der Waals surface area contributed by atoms with Crippen molar-refractivity contribution in [2.45, 2.75) is 25.0 Å². The fourth-order valence-electron chi connectivity index (χ4n) is 3.41. The molecule has 12 heteroatoms. The first-order valence-electron chi connectivity index (χ1n) is 9.46. The smallest absolute Gasteiger partial charge is 0.329 e. The Labute approximate surface area is 178 Å². The van der Waals surface area contributed by atoms with Crippen LogP contribution in [0.4, 0.5) is 5.82 Å². The molecule has 4 rings (SSSR count). The SMILES string of the molecule is CCCn1c(N)c(C(=O)CSc2nnc3n(C)c(=O)c4ccccc4n23)c(=O)[nH]c1=O. The molecule has 31 heavy (non-hydrogen) atoms. The van der Waals surface area contributed by atoms with Gasteiger partial charge in [-0.3, -0.25) is 32.9 Å². The van der Waals surface area contributed by atoms with Crippen LogP contribution in [0.3, 0.4) is 0 Å². The van der Waals surface area contributed by atoms with E-state index in [4.69, 9.17) is 5.73 Å². The average Bonchev–Trinajstić information content (AvgIpc) is 3.17. The van der Waals surface area contributed by atoms with Crippen LogP contribution in [0.15, 0.2) is 43.8 Å². The number of H-pyrrole nitrogens is 1. The molecule has 0 spiro atoms. The summed E-state index contributed by atoms with van der Waals surface area (Å²) in [6, 6.07) is 7.02. The van der Waals surface area contributed by atoms with Crippen molar-refractivity contribution < 1.29 is 4.79 Å². The molecule has 3 N–H and O–H groups in total. The van der Waals surface area contributed by atoms with Crippen molar-refractivity contribution in [1.82, 2.24) is 28.7 Å². The summed E-state index contributed by atoms with van der Waals surface area (Å²) in [6.45, 7) is 2.13. The molecule has 3 heterocycles. The van der Waals surface area contributed by atoms with E-state index < -0.39 is 17.0 Å². The third kappa shape index (κ3) is 3.34. The fraction of sp³-hybridized carbons (Fsp3) is 0.263. The summed E-state index contributed by atoms with van der Waals surface area (Å²) in [4.78, 5) is 51.7. The van der Waals surface area contributed by atoms with Gasteiger partial charge in [-0.2, -0.15) is 0 Å².